The smallest absolute Gasteiger partial charge is 0.357 e. The second kappa shape index (κ2) is 9.28. The number of anilines is 1. The lowest BCUT2D eigenvalue weighted by atomic mass is 10.2. The maximum absolute atomic E-state index is 13.7. The van der Waals surface area contributed by atoms with Crippen LogP contribution in [0.15, 0.2) is 48.5 Å². The van der Waals surface area contributed by atoms with Gasteiger partial charge in [0.25, 0.3) is 5.69 Å². The van der Waals surface area contributed by atoms with E-state index in [2.05, 4.69) is 5.32 Å². The lowest BCUT2D eigenvalue weighted by Crippen LogP contribution is -2.19. The zero-order chi connectivity index (χ0) is 20.9. The summed E-state index contributed by atoms with van der Waals surface area (Å²) in [6.07, 6.45) is -0.807. The molecule has 0 aromatic heterocycles. The Labute approximate surface area is 163 Å². The van der Waals surface area contributed by atoms with Crippen LogP contribution >= 0.6 is 7.60 Å². The van der Waals surface area contributed by atoms with Crippen molar-refractivity contribution in [2.45, 2.75) is 45.7 Å². The van der Waals surface area contributed by atoms with Crippen LogP contribution in [0.5, 0.6) is 0 Å². The third kappa shape index (κ3) is 5.86. The summed E-state index contributed by atoms with van der Waals surface area (Å²) >= 11 is 0. The topological polar surface area (TPSA) is 90.7 Å². The Morgan fingerprint density at radius 1 is 1.04 bits per heavy atom. The highest BCUT2D eigenvalue weighted by Gasteiger charge is 2.39. The number of nitro groups is 1. The number of nitrogens with one attached hydrogen (secondary N) is 1. The number of non-ortho nitro benzene ring substituents is 1. The molecule has 0 aliphatic heterocycles. The van der Waals surface area contributed by atoms with Gasteiger partial charge in [0, 0.05) is 17.8 Å². The van der Waals surface area contributed by atoms with Gasteiger partial charge in [-0.05, 0) is 51.5 Å². The van der Waals surface area contributed by atoms with Gasteiger partial charge < -0.3 is 14.4 Å². The molecule has 0 aliphatic carbocycles. The van der Waals surface area contributed by atoms with E-state index in [1.165, 1.54) is 42.5 Å². The molecule has 0 radical (unpaired) electrons. The van der Waals surface area contributed by atoms with Crippen LogP contribution in [0.4, 0.5) is 15.8 Å². The molecule has 0 aliphatic rings. The molecule has 1 unspecified atom stereocenters. The Balaban J connectivity index is 2.51. The molecule has 0 saturated heterocycles. The van der Waals surface area contributed by atoms with E-state index < -0.39 is 36.3 Å². The van der Waals surface area contributed by atoms with Crippen molar-refractivity contribution >= 4 is 19.0 Å². The van der Waals surface area contributed by atoms with E-state index in [4.69, 9.17) is 9.05 Å². The molecule has 152 valence electrons. The fourth-order valence-corrected chi connectivity index (χ4v) is 4.90. The average Bonchev–Trinajstić information content (AvgIpc) is 2.59. The fourth-order valence-electron chi connectivity index (χ4n) is 2.59. The standard InChI is InChI=1S/C19H24FN2O5P/c1-13(2)26-28(25,27-14(3)4)19(15-8-10-16(20)11-9-15)21-17-6-5-7-18(12-17)22(23)24/h5-14,19,21H,1-4H3. The molecular weight excluding hydrogens is 386 g/mol. The van der Waals surface area contributed by atoms with Crippen molar-refractivity contribution in [3.8, 4) is 0 Å². The van der Waals surface area contributed by atoms with Gasteiger partial charge in [-0.1, -0.05) is 18.2 Å². The zero-order valence-corrected chi connectivity index (χ0v) is 17.1. The Morgan fingerprint density at radius 3 is 2.11 bits per heavy atom. The normalized spacial score (nSPS) is 13.0. The van der Waals surface area contributed by atoms with Crippen molar-refractivity contribution in [3.63, 3.8) is 0 Å². The molecule has 7 nitrogen and oxygen atoms in total. The van der Waals surface area contributed by atoms with E-state index >= 15 is 0 Å². The highest BCUT2D eigenvalue weighted by molar-refractivity contribution is 7.54. The van der Waals surface area contributed by atoms with Crippen LogP contribution < -0.4 is 5.32 Å². The summed E-state index contributed by atoms with van der Waals surface area (Å²) in [6.45, 7) is 6.91. The van der Waals surface area contributed by atoms with Crippen LogP contribution in [-0.2, 0) is 13.6 Å². The third-order valence-electron chi connectivity index (χ3n) is 3.58. The summed E-state index contributed by atoms with van der Waals surface area (Å²) in [5.74, 6) is -1.43. The molecule has 0 bridgehead atoms. The molecule has 0 spiro atoms. The van der Waals surface area contributed by atoms with Gasteiger partial charge in [-0.2, -0.15) is 0 Å². The monoisotopic (exact) mass is 410 g/mol. The van der Waals surface area contributed by atoms with Crippen LogP contribution in [0.1, 0.15) is 39.0 Å². The highest BCUT2D eigenvalue weighted by Crippen LogP contribution is 2.62. The Bertz CT molecular complexity index is 844. The first-order valence-corrected chi connectivity index (χ1v) is 10.4. The van der Waals surface area contributed by atoms with Gasteiger partial charge in [0.15, 0.2) is 5.78 Å². The molecule has 2 aromatic carbocycles. The second-order valence-corrected chi connectivity index (χ2v) is 8.77. The lowest BCUT2D eigenvalue weighted by molar-refractivity contribution is -0.384. The van der Waals surface area contributed by atoms with Crippen LogP contribution in [-0.4, -0.2) is 17.1 Å². The van der Waals surface area contributed by atoms with Crippen molar-refractivity contribution in [2.24, 2.45) is 0 Å². The number of nitro benzene ring substituents is 1. The van der Waals surface area contributed by atoms with Crippen LogP contribution in [0.3, 0.4) is 0 Å². The minimum Gasteiger partial charge on any atom is -0.368 e. The van der Waals surface area contributed by atoms with Gasteiger partial charge >= 0.3 is 7.60 Å². The number of halogens is 1. The molecule has 2 rings (SSSR count). The maximum atomic E-state index is 13.7. The van der Waals surface area contributed by atoms with Gasteiger partial charge in [-0.3, -0.25) is 14.7 Å². The predicted molar refractivity (Wildman–Crippen MR) is 106 cm³/mol. The summed E-state index contributed by atoms with van der Waals surface area (Å²) < 4.78 is 38.5. The summed E-state index contributed by atoms with van der Waals surface area (Å²) in [4.78, 5) is 10.5. The molecule has 1 atom stereocenters. The third-order valence-corrected chi connectivity index (χ3v) is 6.07. The molecule has 2 aromatic rings. The molecule has 1 N–H and O–H groups in total. The number of rotatable bonds is 9. The molecule has 9 heteroatoms. The largest absolute Gasteiger partial charge is 0.368 e. The van der Waals surface area contributed by atoms with Gasteiger partial charge in [0.1, 0.15) is 5.82 Å². The van der Waals surface area contributed by atoms with E-state index in [9.17, 15) is 19.1 Å². The van der Waals surface area contributed by atoms with Crippen molar-refractivity contribution in [1.29, 1.82) is 0 Å². The summed E-state index contributed by atoms with van der Waals surface area (Å²) in [5.41, 5.74) is 0.716. The number of hydrogen-bond donors (Lipinski definition) is 1. The summed E-state index contributed by atoms with van der Waals surface area (Å²) in [7, 11) is -3.79. The van der Waals surface area contributed by atoms with Gasteiger partial charge in [0.2, 0.25) is 0 Å². The first-order valence-electron chi connectivity index (χ1n) is 8.83. The quantitative estimate of drug-likeness (QED) is 0.315. The lowest BCUT2D eigenvalue weighted by Gasteiger charge is -2.31. The first-order chi connectivity index (χ1) is 13.1. The van der Waals surface area contributed by atoms with Crippen LogP contribution in [0, 0.1) is 15.9 Å². The maximum Gasteiger partial charge on any atom is 0.357 e. The molecule has 28 heavy (non-hydrogen) atoms. The average molecular weight is 410 g/mol. The van der Waals surface area contributed by atoms with Crippen molar-refractivity contribution in [2.75, 3.05) is 5.32 Å². The molecular formula is C19H24FN2O5P. The van der Waals surface area contributed by atoms with E-state index in [-0.39, 0.29) is 5.69 Å². The van der Waals surface area contributed by atoms with Crippen LogP contribution in [0.2, 0.25) is 0 Å². The zero-order valence-electron chi connectivity index (χ0n) is 16.2. The Hall–Kier alpha value is -2.28. The van der Waals surface area contributed by atoms with Gasteiger partial charge in [-0.15, -0.1) is 0 Å². The summed E-state index contributed by atoms with van der Waals surface area (Å²) in [5, 5.41) is 14.1. The minimum atomic E-state index is -3.79. The minimum absolute atomic E-state index is 0.118. The predicted octanol–water partition coefficient (Wildman–Crippen LogP) is 5.89. The van der Waals surface area contributed by atoms with Gasteiger partial charge in [0.05, 0.1) is 17.1 Å². The highest BCUT2D eigenvalue weighted by atomic mass is 31.2. The SMILES string of the molecule is CC(C)OP(=O)(OC(C)C)C(Nc1cccc([N+](=O)[O-])c1)c1ccc(F)cc1. The van der Waals surface area contributed by atoms with E-state index in [1.807, 2.05) is 0 Å². The van der Waals surface area contributed by atoms with Crippen LogP contribution in [0.25, 0.3) is 0 Å². The van der Waals surface area contributed by atoms with E-state index in [0.29, 0.717) is 11.3 Å². The Morgan fingerprint density at radius 2 is 1.61 bits per heavy atom. The Kier molecular flexibility index (Phi) is 7.29. The molecule has 0 saturated carbocycles. The number of benzene rings is 2. The molecule has 0 amide bonds. The molecule has 0 fully saturated rings. The summed E-state index contributed by atoms with van der Waals surface area (Å²) in [6, 6.07) is 11.2. The van der Waals surface area contributed by atoms with Crippen molar-refractivity contribution in [3.05, 3.63) is 70.0 Å². The molecule has 0 heterocycles. The number of nitrogens with zero attached hydrogens (tertiary/aromatic N) is 1. The fraction of sp³-hybridized carbons (Fsp3) is 0.368. The first kappa shape index (κ1) is 22.0. The van der Waals surface area contributed by atoms with E-state index in [0.717, 1.165) is 0 Å². The van der Waals surface area contributed by atoms with E-state index in [1.54, 1.807) is 33.8 Å². The number of hydrogen-bond acceptors (Lipinski definition) is 6. The second-order valence-electron chi connectivity index (χ2n) is 6.75. The van der Waals surface area contributed by atoms with Crippen molar-refractivity contribution in [1.82, 2.24) is 0 Å². The van der Waals surface area contributed by atoms with Gasteiger partial charge in [-0.25, -0.2) is 4.39 Å². The van der Waals surface area contributed by atoms with Crippen molar-refractivity contribution < 1.29 is 22.9 Å².